The maximum absolute atomic E-state index is 12.7. The van der Waals surface area contributed by atoms with Crippen LogP contribution < -0.4 is 0 Å². The summed E-state index contributed by atoms with van der Waals surface area (Å²) in [5, 5.41) is 18.9. The molecular formula is C14H22N2O4. The van der Waals surface area contributed by atoms with Crippen LogP contribution in [0.1, 0.15) is 32.6 Å². The quantitative estimate of drug-likeness (QED) is 0.743. The number of fused-ring (bicyclic) bond motifs is 2. The highest BCUT2D eigenvalue weighted by Crippen LogP contribution is 2.37. The molecule has 2 N–H and O–H groups in total. The Morgan fingerprint density at radius 1 is 1.10 bits per heavy atom. The van der Waals surface area contributed by atoms with Crippen LogP contribution in [0.25, 0.3) is 0 Å². The molecule has 3 aliphatic rings. The molecular weight excluding hydrogens is 260 g/mol. The zero-order valence-electron chi connectivity index (χ0n) is 11.7. The highest BCUT2D eigenvalue weighted by Gasteiger charge is 2.46. The molecule has 0 aromatic carbocycles. The second kappa shape index (κ2) is 4.91. The lowest BCUT2D eigenvalue weighted by Gasteiger charge is -2.39. The number of piperidine rings is 1. The molecule has 4 atom stereocenters. The Morgan fingerprint density at radius 2 is 1.70 bits per heavy atom. The van der Waals surface area contributed by atoms with Crippen LogP contribution in [-0.4, -0.2) is 63.3 Å². The number of hydrogen-bond acceptors (Lipinski definition) is 3. The van der Waals surface area contributed by atoms with Crippen molar-refractivity contribution in [3.63, 3.8) is 0 Å². The second-order valence-corrected chi connectivity index (χ2v) is 6.53. The molecule has 0 spiro atoms. The van der Waals surface area contributed by atoms with E-state index in [2.05, 4.69) is 0 Å². The van der Waals surface area contributed by atoms with Gasteiger partial charge in [-0.15, -0.1) is 0 Å². The summed E-state index contributed by atoms with van der Waals surface area (Å²) in [6, 6.07) is 0.242. The Morgan fingerprint density at radius 3 is 2.20 bits per heavy atom. The molecule has 3 rings (SSSR count). The van der Waals surface area contributed by atoms with E-state index in [4.69, 9.17) is 5.11 Å². The number of hydrogen-bond donors (Lipinski definition) is 2. The standard InChI is InChI=1S/C14H22N2O4/c1-8-6-15(7-12(8)13(18)19)14(20)16-9-2-3-10(16)5-11(17)4-9/h8-12,17H,2-7H2,1H3,(H,18,19). The zero-order chi connectivity index (χ0) is 14.4. The van der Waals surface area contributed by atoms with Crippen LogP contribution in [-0.2, 0) is 4.79 Å². The van der Waals surface area contributed by atoms with Gasteiger partial charge < -0.3 is 20.0 Å². The van der Waals surface area contributed by atoms with Crippen LogP contribution in [0.5, 0.6) is 0 Å². The average molecular weight is 282 g/mol. The maximum atomic E-state index is 12.7. The first-order valence-corrected chi connectivity index (χ1v) is 7.45. The predicted molar refractivity (Wildman–Crippen MR) is 71.1 cm³/mol. The molecule has 112 valence electrons. The SMILES string of the molecule is CC1CN(C(=O)N2C3CCC2CC(O)C3)CC1C(=O)O. The van der Waals surface area contributed by atoms with Crippen LogP contribution in [0.4, 0.5) is 4.79 Å². The number of rotatable bonds is 1. The molecule has 6 nitrogen and oxygen atoms in total. The number of aliphatic carboxylic acids is 1. The van der Waals surface area contributed by atoms with E-state index in [-0.39, 0.29) is 30.1 Å². The van der Waals surface area contributed by atoms with Gasteiger partial charge in [0, 0.05) is 25.2 Å². The first kappa shape index (κ1) is 13.7. The Labute approximate surface area is 118 Å². The molecule has 2 bridgehead atoms. The summed E-state index contributed by atoms with van der Waals surface area (Å²) in [6.07, 6.45) is 2.95. The van der Waals surface area contributed by atoms with Gasteiger partial charge in [-0.3, -0.25) is 4.79 Å². The van der Waals surface area contributed by atoms with E-state index in [0.717, 1.165) is 12.8 Å². The van der Waals surface area contributed by atoms with Gasteiger partial charge in [-0.25, -0.2) is 4.79 Å². The molecule has 3 aliphatic heterocycles. The zero-order valence-corrected chi connectivity index (χ0v) is 11.7. The molecule has 6 heteroatoms. The Balaban J connectivity index is 1.70. The van der Waals surface area contributed by atoms with Gasteiger partial charge in [-0.2, -0.15) is 0 Å². The van der Waals surface area contributed by atoms with E-state index in [1.165, 1.54) is 0 Å². The summed E-state index contributed by atoms with van der Waals surface area (Å²) in [7, 11) is 0. The van der Waals surface area contributed by atoms with Gasteiger partial charge >= 0.3 is 12.0 Å². The molecule has 0 saturated carbocycles. The monoisotopic (exact) mass is 282 g/mol. The van der Waals surface area contributed by atoms with E-state index >= 15 is 0 Å². The van der Waals surface area contributed by atoms with Crippen LogP contribution in [0.2, 0.25) is 0 Å². The largest absolute Gasteiger partial charge is 0.481 e. The second-order valence-electron chi connectivity index (χ2n) is 6.53. The van der Waals surface area contributed by atoms with E-state index in [1.807, 2.05) is 11.8 Å². The van der Waals surface area contributed by atoms with Crippen molar-refractivity contribution in [2.45, 2.75) is 50.8 Å². The van der Waals surface area contributed by atoms with Crippen molar-refractivity contribution in [2.75, 3.05) is 13.1 Å². The van der Waals surface area contributed by atoms with Crippen molar-refractivity contribution >= 4 is 12.0 Å². The van der Waals surface area contributed by atoms with Gasteiger partial charge in [0.05, 0.1) is 12.0 Å². The van der Waals surface area contributed by atoms with Crippen LogP contribution >= 0.6 is 0 Å². The van der Waals surface area contributed by atoms with E-state index < -0.39 is 11.9 Å². The third-order valence-corrected chi connectivity index (χ3v) is 5.13. The lowest BCUT2D eigenvalue weighted by Crippen LogP contribution is -2.52. The van der Waals surface area contributed by atoms with Crippen LogP contribution in [0.15, 0.2) is 0 Å². The van der Waals surface area contributed by atoms with Crippen LogP contribution in [0.3, 0.4) is 0 Å². The predicted octanol–water partition coefficient (Wildman–Crippen LogP) is 0.747. The first-order valence-electron chi connectivity index (χ1n) is 7.45. The maximum Gasteiger partial charge on any atom is 0.320 e. The van der Waals surface area contributed by atoms with Crippen molar-refractivity contribution in [2.24, 2.45) is 11.8 Å². The minimum atomic E-state index is -0.815. The molecule has 0 aromatic rings. The normalized spacial score (nSPS) is 40.2. The summed E-state index contributed by atoms with van der Waals surface area (Å²) in [6.45, 7) is 2.72. The van der Waals surface area contributed by atoms with Crippen molar-refractivity contribution in [3.05, 3.63) is 0 Å². The number of aliphatic hydroxyl groups is 1. The van der Waals surface area contributed by atoms with Gasteiger partial charge in [0.15, 0.2) is 0 Å². The minimum absolute atomic E-state index is 0.00415. The number of amides is 2. The molecule has 4 unspecified atom stereocenters. The number of likely N-dealkylation sites (tertiary alicyclic amines) is 1. The van der Waals surface area contributed by atoms with Crippen molar-refractivity contribution in [3.8, 4) is 0 Å². The van der Waals surface area contributed by atoms with Crippen LogP contribution in [0, 0.1) is 11.8 Å². The number of urea groups is 1. The van der Waals surface area contributed by atoms with Gasteiger partial charge in [0.2, 0.25) is 0 Å². The molecule has 3 heterocycles. The van der Waals surface area contributed by atoms with Gasteiger partial charge in [0.25, 0.3) is 0 Å². The van der Waals surface area contributed by atoms with Crippen molar-refractivity contribution in [1.82, 2.24) is 9.80 Å². The molecule has 0 aromatic heterocycles. The molecule has 20 heavy (non-hydrogen) atoms. The number of carboxylic acid groups (broad SMARTS) is 1. The lowest BCUT2D eigenvalue weighted by molar-refractivity contribution is -0.142. The highest BCUT2D eigenvalue weighted by atomic mass is 16.4. The average Bonchev–Trinajstić information content (AvgIpc) is 2.88. The molecule has 3 fully saturated rings. The summed E-state index contributed by atoms with van der Waals surface area (Å²) >= 11 is 0. The number of aliphatic hydroxyl groups excluding tert-OH is 1. The minimum Gasteiger partial charge on any atom is -0.481 e. The van der Waals surface area contributed by atoms with Gasteiger partial charge in [-0.05, 0) is 31.6 Å². The smallest absolute Gasteiger partial charge is 0.320 e. The Hall–Kier alpha value is -1.30. The third-order valence-electron chi connectivity index (χ3n) is 5.13. The van der Waals surface area contributed by atoms with Gasteiger partial charge in [-0.1, -0.05) is 6.92 Å². The van der Waals surface area contributed by atoms with E-state index in [9.17, 15) is 14.7 Å². The fourth-order valence-electron chi connectivity index (χ4n) is 4.07. The third kappa shape index (κ3) is 2.16. The summed E-state index contributed by atoms with van der Waals surface area (Å²) < 4.78 is 0. The first-order chi connectivity index (χ1) is 9.47. The molecule has 3 saturated heterocycles. The number of carbonyl (C=O) groups is 2. The Bertz CT molecular complexity index is 413. The molecule has 0 radical (unpaired) electrons. The van der Waals surface area contributed by atoms with Crippen molar-refractivity contribution < 1.29 is 19.8 Å². The number of nitrogens with zero attached hydrogens (tertiary/aromatic N) is 2. The lowest BCUT2D eigenvalue weighted by atomic mass is 9.99. The number of carboxylic acids is 1. The number of carbonyl (C=O) groups excluding carboxylic acids is 1. The molecule has 2 amide bonds. The Kier molecular flexibility index (Phi) is 3.36. The topological polar surface area (TPSA) is 81.1 Å². The summed E-state index contributed by atoms with van der Waals surface area (Å²) in [5.41, 5.74) is 0. The fourth-order valence-corrected chi connectivity index (χ4v) is 4.07. The van der Waals surface area contributed by atoms with E-state index in [0.29, 0.717) is 25.9 Å². The van der Waals surface area contributed by atoms with Crippen molar-refractivity contribution in [1.29, 1.82) is 0 Å². The van der Waals surface area contributed by atoms with Gasteiger partial charge in [0.1, 0.15) is 0 Å². The highest BCUT2D eigenvalue weighted by molar-refractivity contribution is 5.78. The van der Waals surface area contributed by atoms with E-state index in [1.54, 1.807) is 4.90 Å². The summed E-state index contributed by atoms with van der Waals surface area (Å²) in [4.78, 5) is 27.4. The summed E-state index contributed by atoms with van der Waals surface area (Å²) in [5.74, 6) is -1.26. The fraction of sp³-hybridized carbons (Fsp3) is 0.857. The molecule has 0 aliphatic carbocycles.